The van der Waals surface area contributed by atoms with Gasteiger partial charge in [0.15, 0.2) is 0 Å². The van der Waals surface area contributed by atoms with Crippen molar-refractivity contribution in [1.29, 1.82) is 0 Å². The van der Waals surface area contributed by atoms with Crippen LogP contribution in [0, 0.1) is 0 Å². The number of hydrogen-bond acceptors (Lipinski definition) is 5. The first-order valence-corrected chi connectivity index (χ1v) is 12.4. The van der Waals surface area contributed by atoms with E-state index >= 15 is 0 Å². The third kappa shape index (κ3) is 6.50. The zero-order chi connectivity index (χ0) is 22.9. The molecule has 1 N–H and O–H groups in total. The molecule has 1 atom stereocenters. The summed E-state index contributed by atoms with van der Waals surface area (Å²) in [5.74, 6) is -0.193. The van der Waals surface area contributed by atoms with E-state index in [1.807, 2.05) is 11.2 Å². The second kappa shape index (κ2) is 11.9. The van der Waals surface area contributed by atoms with Gasteiger partial charge in [-0.25, -0.2) is 4.79 Å². The van der Waals surface area contributed by atoms with Crippen LogP contribution in [0.4, 0.5) is 0 Å². The summed E-state index contributed by atoms with van der Waals surface area (Å²) in [6.07, 6.45) is 4.47. The molecule has 1 saturated heterocycles. The lowest BCUT2D eigenvalue weighted by atomic mass is 10.1. The number of halogens is 1. The topological polar surface area (TPSA) is 75.7 Å². The van der Waals surface area contributed by atoms with Gasteiger partial charge in [-0.2, -0.15) is 11.8 Å². The van der Waals surface area contributed by atoms with Crippen molar-refractivity contribution in [2.75, 3.05) is 25.1 Å². The van der Waals surface area contributed by atoms with Gasteiger partial charge in [0.2, 0.25) is 0 Å². The third-order valence-electron chi connectivity index (χ3n) is 5.29. The van der Waals surface area contributed by atoms with Gasteiger partial charge in [0.05, 0.1) is 10.6 Å². The minimum Gasteiger partial charge on any atom is -0.459 e. The molecule has 3 rings (SSSR count). The molecule has 0 bridgehead atoms. The van der Waals surface area contributed by atoms with E-state index in [2.05, 4.69) is 5.32 Å². The average Bonchev–Trinajstić information content (AvgIpc) is 3.35. The number of carbonyl (C=O) groups is 3. The maximum Gasteiger partial charge on any atom is 0.329 e. The third-order valence-corrected chi connectivity index (χ3v) is 6.27. The van der Waals surface area contributed by atoms with E-state index in [9.17, 15) is 14.4 Å². The number of benzene rings is 2. The summed E-state index contributed by atoms with van der Waals surface area (Å²) < 4.78 is 5.46. The summed E-state index contributed by atoms with van der Waals surface area (Å²) in [5, 5.41) is 3.06. The predicted molar refractivity (Wildman–Crippen MR) is 127 cm³/mol. The van der Waals surface area contributed by atoms with E-state index in [1.165, 1.54) is 0 Å². The summed E-state index contributed by atoms with van der Waals surface area (Å²) in [6.45, 7) is 1.67. The van der Waals surface area contributed by atoms with Crippen molar-refractivity contribution < 1.29 is 19.1 Å². The van der Waals surface area contributed by atoms with Gasteiger partial charge in [0, 0.05) is 18.7 Å². The predicted octanol–water partition coefficient (Wildman–Crippen LogP) is 4.17. The van der Waals surface area contributed by atoms with Crippen molar-refractivity contribution >= 4 is 41.1 Å². The minimum atomic E-state index is -0.776. The number of nitrogens with one attached hydrogen (secondary N) is 1. The Morgan fingerprint density at radius 1 is 1.09 bits per heavy atom. The van der Waals surface area contributed by atoms with Crippen LogP contribution in [0.15, 0.2) is 48.5 Å². The molecule has 1 unspecified atom stereocenters. The molecule has 2 aromatic rings. The van der Waals surface area contributed by atoms with E-state index < -0.39 is 17.9 Å². The Hall–Kier alpha value is -2.51. The summed E-state index contributed by atoms with van der Waals surface area (Å²) in [4.78, 5) is 39.6. The molecule has 0 aromatic heterocycles. The van der Waals surface area contributed by atoms with Gasteiger partial charge < -0.3 is 15.0 Å². The lowest BCUT2D eigenvalue weighted by molar-refractivity contribution is -0.147. The van der Waals surface area contributed by atoms with Gasteiger partial charge in [-0.05, 0) is 61.1 Å². The largest absolute Gasteiger partial charge is 0.459 e. The quantitative estimate of drug-likeness (QED) is 0.552. The molecule has 1 fully saturated rings. The van der Waals surface area contributed by atoms with E-state index in [0.717, 1.165) is 31.5 Å². The Morgan fingerprint density at radius 2 is 1.78 bits per heavy atom. The van der Waals surface area contributed by atoms with E-state index in [-0.39, 0.29) is 12.5 Å². The highest BCUT2D eigenvalue weighted by atomic mass is 35.5. The fourth-order valence-electron chi connectivity index (χ4n) is 3.47. The Kier molecular flexibility index (Phi) is 9.00. The number of carbonyl (C=O) groups excluding carboxylic acids is 3. The van der Waals surface area contributed by atoms with Crippen molar-refractivity contribution in [1.82, 2.24) is 10.2 Å². The number of hydrogen-bond donors (Lipinski definition) is 1. The molecular formula is C24H27ClN2O4S. The average molecular weight is 475 g/mol. The molecule has 0 spiro atoms. The van der Waals surface area contributed by atoms with Crippen molar-refractivity contribution in [3.63, 3.8) is 0 Å². The van der Waals surface area contributed by atoms with Crippen LogP contribution >= 0.6 is 23.4 Å². The molecule has 1 aliphatic heterocycles. The van der Waals surface area contributed by atoms with Crippen LogP contribution in [0.1, 0.15) is 45.5 Å². The molecule has 170 valence electrons. The van der Waals surface area contributed by atoms with Gasteiger partial charge in [0.1, 0.15) is 12.6 Å². The molecule has 1 aliphatic rings. The van der Waals surface area contributed by atoms with Crippen LogP contribution in [0.25, 0.3) is 0 Å². The van der Waals surface area contributed by atoms with E-state index in [1.54, 1.807) is 60.3 Å². The van der Waals surface area contributed by atoms with Crippen molar-refractivity contribution in [3.8, 4) is 0 Å². The summed E-state index contributed by atoms with van der Waals surface area (Å²) in [7, 11) is 0. The molecule has 8 heteroatoms. The first-order chi connectivity index (χ1) is 15.5. The number of rotatable bonds is 9. The number of amides is 2. The Morgan fingerprint density at radius 3 is 2.44 bits per heavy atom. The SMILES string of the molecule is CSCCC(NC(=O)c1ccccc1Cl)C(=O)OCc1ccc(C(=O)N2CCCC2)cc1. The van der Waals surface area contributed by atoms with E-state index in [0.29, 0.717) is 28.3 Å². The molecular weight excluding hydrogens is 448 g/mol. The lowest BCUT2D eigenvalue weighted by Crippen LogP contribution is -2.42. The monoisotopic (exact) mass is 474 g/mol. The molecule has 32 heavy (non-hydrogen) atoms. The Bertz CT molecular complexity index is 945. The fraction of sp³-hybridized carbons (Fsp3) is 0.375. The van der Waals surface area contributed by atoms with Crippen LogP contribution in [-0.2, 0) is 16.1 Å². The minimum absolute atomic E-state index is 0.0328. The normalized spacial score (nSPS) is 14.1. The maximum atomic E-state index is 12.7. The van der Waals surface area contributed by atoms with Gasteiger partial charge in [-0.1, -0.05) is 35.9 Å². The number of ether oxygens (including phenoxy) is 1. The van der Waals surface area contributed by atoms with Crippen LogP contribution < -0.4 is 5.32 Å². The summed E-state index contributed by atoms with van der Waals surface area (Å²) in [6, 6.07) is 13.0. The smallest absolute Gasteiger partial charge is 0.329 e. The summed E-state index contributed by atoms with van der Waals surface area (Å²) >= 11 is 7.68. The molecule has 0 aliphatic carbocycles. The number of thioether (sulfide) groups is 1. The molecule has 2 amide bonds. The first kappa shape index (κ1) is 24.1. The molecule has 0 radical (unpaired) electrons. The second-order valence-corrected chi connectivity index (χ2v) is 8.98. The number of likely N-dealkylation sites (tertiary alicyclic amines) is 1. The highest BCUT2D eigenvalue weighted by Crippen LogP contribution is 2.16. The molecule has 1 heterocycles. The highest BCUT2D eigenvalue weighted by Gasteiger charge is 2.24. The number of esters is 1. The van der Waals surface area contributed by atoms with Crippen molar-refractivity contribution in [2.45, 2.75) is 31.9 Å². The van der Waals surface area contributed by atoms with Crippen LogP contribution in [0.3, 0.4) is 0 Å². The second-order valence-electron chi connectivity index (χ2n) is 7.59. The van der Waals surface area contributed by atoms with Crippen LogP contribution in [-0.4, -0.2) is 53.8 Å². The van der Waals surface area contributed by atoms with Gasteiger partial charge in [-0.3, -0.25) is 9.59 Å². The highest BCUT2D eigenvalue weighted by molar-refractivity contribution is 7.98. The molecule has 0 saturated carbocycles. The Labute approximate surface area is 197 Å². The fourth-order valence-corrected chi connectivity index (χ4v) is 4.16. The molecule has 2 aromatic carbocycles. The van der Waals surface area contributed by atoms with Crippen LogP contribution in [0.2, 0.25) is 5.02 Å². The molecule has 6 nitrogen and oxygen atoms in total. The van der Waals surface area contributed by atoms with Gasteiger partial charge >= 0.3 is 5.97 Å². The van der Waals surface area contributed by atoms with E-state index in [4.69, 9.17) is 16.3 Å². The maximum absolute atomic E-state index is 12.7. The van der Waals surface area contributed by atoms with Crippen molar-refractivity contribution in [2.24, 2.45) is 0 Å². The zero-order valence-electron chi connectivity index (χ0n) is 18.0. The summed E-state index contributed by atoms with van der Waals surface area (Å²) in [5.41, 5.74) is 1.72. The first-order valence-electron chi connectivity index (χ1n) is 10.6. The van der Waals surface area contributed by atoms with Gasteiger partial charge in [-0.15, -0.1) is 0 Å². The Balaban J connectivity index is 1.58. The lowest BCUT2D eigenvalue weighted by Gasteiger charge is -2.18. The standard InChI is InChI=1S/C24H27ClN2O4S/c1-32-15-12-21(26-22(28)19-6-2-3-7-20(19)25)24(30)31-16-17-8-10-18(11-9-17)23(29)27-13-4-5-14-27/h2-3,6-11,21H,4-5,12-16H2,1H3,(H,26,28). The zero-order valence-corrected chi connectivity index (χ0v) is 19.6. The van der Waals surface area contributed by atoms with Crippen LogP contribution in [0.5, 0.6) is 0 Å². The van der Waals surface area contributed by atoms with Gasteiger partial charge in [0.25, 0.3) is 11.8 Å². The number of nitrogens with zero attached hydrogens (tertiary/aromatic N) is 1. The van der Waals surface area contributed by atoms with Crippen molar-refractivity contribution in [3.05, 3.63) is 70.2 Å².